The van der Waals surface area contributed by atoms with E-state index in [9.17, 15) is 0 Å². The summed E-state index contributed by atoms with van der Waals surface area (Å²) in [5, 5.41) is 3.57. The standard InChI is InChI=1S/C15H32N2/c1-5-10-16-14(3)7-6-11-17-12-13(2)8-9-15(17)4/h13-16H,5-12H2,1-4H3. The quantitative estimate of drug-likeness (QED) is 0.735. The lowest BCUT2D eigenvalue weighted by molar-refractivity contribution is 0.122. The number of nitrogens with one attached hydrogen (secondary N) is 1. The van der Waals surface area contributed by atoms with Gasteiger partial charge >= 0.3 is 0 Å². The second kappa shape index (κ2) is 8.10. The molecule has 2 nitrogen and oxygen atoms in total. The molecule has 1 aliphatic rings. The molecule has 0 aliphatic carbocycles. The molecule has 3 unspecified atom stereocenters. The molecular weight excluding hydrogens is 208 g/mol. The first kappa shape index (κ1) is 15.0. The average molecular weight is 240 g/mol. The van der Waals surface area contributed by atoms with E-state index in [1.807, 2.05) is 0 Å². The van der Waals surface area contributed by atoms with Gasteiger partial charge in [-0.15, -0.1) is 0 Å². The molecule has 0 saturated carbocycles. The number of piperidine rings is 1. The highest BCUT2D eigenvalue weighted by molar-refractivity contribution is 4.77. The fourth-order valence-corrected chi connectivity index (χ4v) is 2.78. The fraction of sp³-hybridized carbons (Fsp3) is 1.00. The summed E-state index contributed by atoms with van der Waals surface area (Å²) >= 11 is 0. The Labute approximate surface area is 108 Å². The van der Waals surface area contributed by atoms with Gasteiger partial charge < -0.3 is 10.2 Å². The van der Waals surface area contributed by atoms with Crippen LogP contribution < -0.4 is 5.32 Å². The molecule has 1 N–H and O–H groups in total. The highest BCUT2D eigenvalue weighted by atomic mass is 15.2. The molecular formula is C15H32N2. The summed E-state index contributed by atoms with van der Waals surface area (Å²) < 4.78 is 0. The van der Waals surface area contributed by atoms with Crippen LogP contribution >= 0.6 is 0 Å². The van der Waals surface area contributed by atoms with Gasteiger partial charge in [-0.2, -0.15) is 0 Å². The van der Waals surface area contributed by atoms with Gasteiger partial charge in [0.15, 0.2) is 0 Å². The van der Waals surface area contributed by atoms with Crippen LogP contribution in [0, 0.1) is 5.92 Å². The largest absolute Gasteiger partial charge is 0.314 e. The van der Waals surface area contributed by atoms with E-state index >= 15 is 0 Å². The number of rotatable bonds is 7. The van der Waals surface area contributed by atoms with Gasteiger partial charge in [-0.1, -0.05) is 13.8 Å². The normalized spacial score (nSPS) is 28.2. The van der Waals surface area contributed by atoms with Gasteiger partial charge in [-0.05, 0) is 65.0 Å². The molecule has 2 heteroatoms. The van der Waals surface area contributed by atoms with Crippen LogP contribution in [-0.4, -0.2) is 36.6 Å². The second-order valence-corrected chi connectivity index (χ2v) is 6.02. The number of hydrogen-bond donors (Lipinski definition) is 1. The maximum atomic E-state index is 3.57. The SMILES string of the molecule is CCCNC(C)CCCN1CC(C)CCC1C. The lowest BCUT2D eigenvalue weighted by Crippen LogP contribution is -2.41. The van der Waals surface area contributed by atoms with Crippen molar-refractivity contribution >= 4 is 0 Å². The molecule has 0 radical (unpaired) electrons. The van der Waals surface area contributed by atoms with Crippen LogP contribution in [0.5, 0.6) is 0 Å². The lowest BCUT2D eigenvalue weighted by Gasteiger charge is -2.37. The number of nitrogens with zero attached hydrogens (tertiary/aromatic N) is 1. The molecule has 1 rings (SSSR count). The van der Waals surface area contributed by atoms with Gasteiger partial charge in [-0.3, -0.25) is 0 Å². The summed E-state index contributed by atoms with van der Waals surface area (Å²) in [6.07, 6.45) is 6.72. The van der Waals surface area contributed by atoms with Crippen molar-refractivity contribution < 1.29 is 0 Å². The fourth-order valence-electron chi connectivity index (χ4n) is 2.78. The van der Waals surface area contributed by atoms with E-state index in [0.29, 0.717) is 6.04 Å². The molecule has 17 heavy (non-hydrogen) atoms. The molecule has 0 aromatic carbocycles. The van der Waals surface area contributed by atoms with Crippen LogP contribution in [0.1, 0.15) is 59.8 Å². The molecule has 3 atom stereocenters. The van der Waals surface area contributed by atoms with Crippen molar-refractivity contribution in [2.24, 2.45) is 5.92 Å². The molecule has 102 valence electrons. The van der Waals surface area contributed by atoms with E-state index in [1.165, 1.54) is 45.2 Å². The van der Waals surface area contributed by atoms with Crippen LogP contribution in [0.15, 0.2) is 0 Å². The third-order valence-corrected chi connectivity index (χ3v) is 4.07. The Hall–Kier alpha value is -0.0800. The van der Waals surface area contributed by atoms with E-state index in [-0.39, 0.29) is 0 Å². The van der Waals surface area contributed by atoms with Crippen molar-refractivity contribution in [3.63, 3.8) is 0 Å². The third kappa shape index (κ3) is 5.87. The van der Waals surface area contributed by atoms with Crippen molar-refractivity contribution in [2.45, 2.75) is 71.9 Å². The molecule has 0 bridgehead atoms. The van der Waals surface area contributed by atoms with E-state index in [2.05, 4.69) is 37.9 Å². The summed E-state index contributed by atoms with van der Waals surface area (Å²) in [7, 11) is 0. The monoisotopic (exact) mass is 240 g/mol. The Morgan fingerprint density at radius 2 is 2.06 bits per heavy atom. The average Bonchev–Trinajstić information content (AvgIpc) is 2.31. The topological polar surface area (TPSA) is 15.3 Å². The zero-order valence-electron chi connectivity index (χ0n) is 12.3. The molecule has 1 heterocycles. The Bertz CT molecular complexity index is 193. The van der Waals surface area contributed by atoms with E-state index < -0.39 is 0 Å². The van der Waals surface area contributed by atoms with Gasteiger partial charge in [0.2, 0.25) is 0 Å². The highest BCUT2D eigenvalue weighted by Crippen LogP contribution is 2.21. The minimum atomic E-state index is 0.687. The molecule has 0 aromatic rings. The third-order valence-electron chi connectivity index (χ3n) is 4.07. The zero-order chi connectivity index (χ0) is 12.7. The lowest BCUT2D eigenvalue weighted by atomic mass is 9.95. The van der Waals surface area contributed by atoms with E-state index in [1.54, 1.807) is 0 Å². The van der Waals surface area contributed by atoms with Gasteiger partial charge in [0.1, 0.15) is 0 Å². The van der Waals surface area contributed by atoms with Crippen molar-refractivity contribution in [3.05, 3.63) is 0 Å². The van der Waals surface area contributed by atoms with Gasteiger partial charge in [0.05, 0.1) is 0 Å². The van der Waals surface area contributed by atoms with Crippen LogP contribution in [-0.2, 0) is 0 Å². The van der Waals surface area contributed by atoms with Crippen molar-refractivity contribution in [1.29, 1.82) is 0 Å². The maximum Gasteiger partial charge on any atom is 0.00671 e. The molecule has 0 aromatic heterocycles. The first-order valence-corrected chi connectivity index (χ1v) is 7.61. The minimum Gasteiger partial charge on any atom is -0.314 e. The minimum absolute atomic E-state index is 0.687. The Morgan fingerprint density at radius 1 is 1.29 bits per heavy atom. The van der Waals surface area contributed by atoms with Crippen molar-refractivity contribution in [3.8, 4) is 0 Å². The summed E-state index contributed by atoms with van der Waals surface area (Å²) in [4.78, 5) is 2.70. The molecule has 1 fully saturated rings. The Balaban J connectivity index is 2.12. The predicted molar refractivity (Wildman–Crippen MR) is 76.4 cm³/mol. The number of likely N-dealkylation sites (tertiary alicyclic amines) is 1. The summed E-state index contributed by atoms with van der Waals surface area (Å²) in [6.45, 7) is 13.1. The Kier molecular flexibility index (Phi) is 7.14. The van der Waals surface area contributed by atoms with Gasteiger partial charge in [-0.25, -0.2) is 0 Å². The summed E-state index contributed by atoms with van der Waals surface area (Å²) in [6, 6.07) is 1.50. The molecule has 0 spiro atoms. The highest BCUT2D eigenvalue weighted by Gasteiger charge is 2.22. The first-order valence-electron chi connectivity index (χ1n) is 7.61. The Morgan fingerprint density at radius 3 is 2.76 bits per heavy atom. The maximum absolute atomic E-state index is 3.57. The summed E-state index contributed by atoms with van der Waals surface area (Å²) in [5.41, 5.74) is 0. The van der Waals surface area contributed by atoms with Crippen LogP contribution in [0.4, 0.5) is 0 Å². The van der Waals surface area contributed by atoms with Crippen LogP contribution in [0.3, 0.4) is 0 Å². The molecule has 1 aliphatic heterocycles. The van der Waals surface area contributed by atoms with Crippen LogP contribution in [0.25, 0.3) is 0 Å². The number of hydrogen-bond acceptors (Lipinski definition) is 2. The second-order valence-electron chi connectivity index (χ2n) is 6.02. The summed E-state index contributed by atoms with van der Waals surface area (Å²) in [5.74, 6) is 0.904. The van der Waals surface area contributed by atoms with E-state index in [4.69, 9.17) is 0 Å². The van der Waals surface area contributed by atoms with Crippen LogP contribution in [0.2, 0.25) is 0 Å². The zero-order valence-corrected chi connectivity index (χ0v) is 12.3. The molecule has 0 amide bonds. The van der Waals surface area contributed by atoms with Gasteiger partial charge in [0.25, 0.3) is 0 Å². The predicted octanol–water partition coefficient (Wildman–Crippen LogP) is 3.28. The van der Waals surface area contributed by atoms with Gasteiger partial charge in [0, 0.05) is 18.6 Å². The molecule has 1 saturated heterocycles. The van der Waals surface area contributed by atoms with Crippen molar-refractivity contribution in [1.82, 2.24) is 10.2 Å². The van der Waals surface area contributed by atoms with Crippen molar-refractivity contribution in [2.75, 3.05) is 19.6 Å². The van der Waals surface area contributed by atoms with E-state index in [0.717, 1.165) is 18.5 Å². The first-order chi connectivity index (χ1) is 8.13. The smallest absolute Gasteiger partial charge is 0.00671 e.